The fourth-order valence-corrected chi connectivity index (χ4v) is 2.26. The summed E-state index contributed by atoms with van der Waals surface area (Å²) in [6.45, 7) is 2.01. The first-order chi connectivity index (χ1) is 9.10. The number of nitrogens with zero attached hydrogens (tertiary/aromatic N) is 2. The van der Waals surface area contributed by atoms with Gasteiger partial charge in [-0.15, -0.1) is 10.2 Å². The van der Waals surface area contributed by atoms with Gasteiger partial charge in [-0.25, -0.2) is 8.78 Å². The first-order valence-corrected chi connectivity index (χ1v) is 6.50. The van der Waals surface area contributed by atoms with Crippen LogP contribution in [0.4, 0.5) is 13.9 Å². The van der Waals surface area contributed by atoms with Crippen LogP contribution in [0.2, 0.25) is 0 Å². The Balaban J connectivity index is 2.09. The average molecular weight is 283 g/mol. The molecule has 1 amide bonds. The molecule has 0 bridgehead atoms. The third-order valence-corrected chi connectivity index (χ3v) is 3.23. The summed E-state index contributed by atoms with van der Waals surface area (Å²) in [5.41, 5.74) is 0.0335. The first-order valence-electron chi connectivity index (χ1n) is 5.69. The van der Waals surface area contributed by atoms with E-state index in [-0.39, 0.29) is 5.56 Å². The van der Waals surface area contributed by atoms with Crippen molar-refractivity contribution in [1.82, 2.24) is 10.2 Å². The van der Waals surface area contributed by atoms with Gasteiger partial charge >= 0.3 is 0 Å². The van der Waals surface area contributed by atoms with Gasteiger partial charge < -0.3 is 0 Å². The standard InChI is InChI=1S/C12H11F2N3OS/c1-2-3-10-16-17-12(19-10)15-11(18)7-4-5-8(13)9(14)6-7/h4-6H,2-3H2,1H3,(H,15,17,18). The molecule has 1 heterocycles. The highest BCUT2D eigenvalue weighted by molar-refractivity contribution is 7.15. The molecule has 2 aromatic rings. The minimum atomic E-state index is -1.06. The van der Waals surface area contributed by atoms with Gasteiger partial charge in [-0.2, -0.15) is 0 Å². The number of amides is 1. The van der Waals surface area contributed by atoms with Crippen molar-refractivity contribution in [3.63, 3.8) is 0 Å². The van der Waals surface area contributed by atoms with Crippen molar-refractivity contribution in [2.45, 2.75) is 19.8 Å². The van der Waals surface area contributed by atoms with E-state index in [0.717, 1.165) is 30.0 Å². The molecular formula is C12H11F2N3OS. The Bertz CT molecular complexity index is 600. The molecule has 0 atom stereocenters. The molecule has 0 aliphatic heterocycles. The summed E-state index contributed by atoms with van der Waals surface area (Å²) in [7, 11) is 0. The van der Waals surface area contributed by atoms with Gasteiger partial charge in [0.25, 0.3) is 5.91 Å². The summed E-state index contributed by atoms with van der Waals surface area (Å²) < 4.78 is 25.8. The molecule has 0 aliphatic carbocycles. The van der Waals surface area contributed by atoms with Crippen molar-refractivity contribution in [1.29, 1.82) is 0 Å². The lowest BCUT2D eigenvalue weighted by Gasteiger charge is -2.01. The predicted octanol–water partition coefficient (Wildman–Crippen LogP) is 3.02. The molecule has 2 rings (SSSR count). The van der Waals surface area contributed by atoms with Crippen molar-refractivity contribution in [3.05, 3.63) is 40.4 Å². The largest absolute Gasteiger partial charge is 0.296 e. The minimum Gasteiger partial charge on any atom is -0.296 e. The molecule has 19 heavy (non-hydrogen) atoms. The van der Waals surface area contributed by atoms with Crippen LogP contribution in [0.1, 0.15) is 28.7 Å². The minimum absolute atomic E-state index is 0.0335. The summed E-state index contributed by atoms with van der Waals surface area (Å²) in [5.74, 6) is -2.59. The fourth-order valence-electron chi connectivity index (χ4n) is 1.43. The van der Waals surface area contributed by atoms with E-state index in [2.05, 4.69) is 15.5 Å². The maximum Gasteiger partial charge on any atom is 0.257 e. The number of benzene rings is 1. The Morgan fingerprint density at radius 2 is 2.11 bits per heavy atom. The zero-order valence-electron chi connectivity index (χ0n) is 10.1. The molecule has 1 aromatic carbocycles. The van der Waals surface area contributed by atoms with Gasteiger partial charge in [0.05, 0.1) is 0 Å². The maximum absolute atomic E-state index is 13.0. The second-order valence-corrected chi connectivity index (χ2v) is 4.90. The van der Waals surface area contributed by atoms with Crippen LogP contribution in [0.25, 0.3) is 0 Å². The van der Waals surface area contributed by atoms with Crippen LogP contribution in [0.5, 0.6) is 0 Å². The normalized spacial score (nSPS) is 10.5. The predicted molar refractivity (Wildman–Crippen MR) is 68.2 cm³/mol. The molecule has 0 unspecified atom stereocenters. The molecule has 0 fully saturated rings. The monoisotopic (exact) mass is 283 g/mol. The second-order valence-electron chi connectivity index (χ2n) is 3.83. The van der Waals surface area contributed by atoms with Gasteiger partial charge in [0.15, 0.2) is 11.6 Å². The van der Waals surface area contributed by atoms with Crippen molar-refractivity contribution in [3.8, 4) is 0 Å². The number of halogens is 2. The highest BCUT2D eigenvalue weighted by atomic mass is 32.1. The maximum atomic E-state index is 13.0. The summed E-state index contributed by atoms with van der Waals surface area (Å²) in [5, 5.41) is 11.4. The van der Waals surface area contributed by atoms with Gasteiger partial charge in [-0.1, -0.05) is 18.3 Å². The van der Waals surface area contributed by atoms with Crippen LogP contribution >= 0.6 is 11.3 Å². The van der Waals surface area contributed by atoms with E-state index in [1.54, 1.807) is 0 Å². The summed E-state index contributed by atoms with van der Waals surface area (Å²) in [6, 6.07) is 2.97. The Morgan fingerprint density at radius 1 is 1.32 bits per heavy atom. The van der Waals surface area contributed by atoms with Crippen molar-refractivity contribution >= 4 is 22.4 Å². The second kappa shape index (κ2) is 5.83. The van der Waals surface area contributed by atoms with E-state index in [9.17, 15) is 13.6 Å². The molecule has 0 radical (unpaired) electrons. The number of anilines is 1. The average Bonchev–Trinajstić information content (AvgIpc) is 2.80. The third-order valence-electron chi connectivity index (χ3n) is 2.33. The van der Waals surface area contributed by atoms with E-state index in [1.807, 2.05) is 6.92 Å². The van der Waals surface area contributed by atoms with E-state index >= 15 is 0 Å². The highest BCUT2D eigenvalue weighted by Gasteiger charge is 2.12. The lowest BCUT2D eigenvalue weighted by Crippen LogP contribution is -2.12. The lowest BCUT2D eigenvalue weighted by molar-refractivity contribution is 0.102. The summed E-state index contributed by atoms with van der Waals surface area (Å²) >= 11 is 1.27. The molecule has 7 heteroatoms. The molecule has 0 spiro atoms. The number of hydrogen-bond acceptors (Lipinski definition) is 4. The van der Waals surface area contributed by atoms with Crippen molar-refractivity contribution < 1.29 is 13.6 Å². The number of rotatable bonds is 4. The van der Waals surface area contributed by atoms with Gasteiger partial charge in [-0.05, 0) is 24.6 Å². The number of aromatic nitrogens is 2. The van der Waals surface area contributed by atoms with Crippen LogP contribution in [0.15, 0.2) is 18.2 Å². The Morgan fingerprint density at radius 3 is 2.79 bits per heavy atom. The van der Waals surface area contributed by atoms with Gasteiger partial charge in [0, 0.05) is 12.0 Å². The Hall–Kier alpha value is -1.89. The zero-order chi connectivity index (χ0) is 13.8. The van der Waals surface area contributed by atoms with Crippen LogP contribution in [0, 0.1) is 11.6 Å². The van der Waals surface area contributed by atoms with E-state index in [4.69, 9.17) is 0 Å². The van der Waals surface area contributed by atoms with Gasteiger partial charge in [0.1, 0.15) is 5.01 Å². The lowest BCUT2D eigenvalue weighted by atomic mass is 10.2. The Kier molecular flexibility index (Phi) is 4.16. The number of carbonyl (C=O) groups excluding carboxylic acids is 1. The fraction of sp³-hybridized carbons (Fsp3) is 0.250. The van der Waals surface area contributed by atoms with Crippen molar-refractivity contribution in [2.75, 3.05) is 5.32 Å². The number of hydrogen-bond donors (Lipinski definition) is 1. The smallest absolute Gasteiger partial charge is 0.257 e. The first kappa shape index (κ1) is 13.5. The van der Waals surface area contributed by atoms with Crippen LogP contribution < -0.4 is 5.32 Å². The van der Waals surface area contributed by atoms with Crippen LogP contribution in [-0.2, 0) is 6.42 Å². The molecule has 0 saturated carbocycles. The van der Waals surface area contributed by atoms with E-state index in [1.165, 1.54) is 17.4 Å². The number of carbonyl (C=O) groups is 1. The number of aryl methyl sites for hydroxylation is 1. The topological polar surface area (TPSA) is 54.9 Å². The molecule has 1 N–H and O–H groups in total. The molecule has 0 saturated heterocycles. The summed E-state index contributed by atoms with van der Waals surface area (Å²) in [4.78, 5) is 11.8. The van der Waals surface area contributed by atoms with E-state index < -0.39 is 17.5 Å². The SMILES string of the molecule is CCCc1nnc(NC(=O)c2ccc(F)c(F)c2)s1. The van der Waals surface area contributed by atoms with Crippen molar-refractivity contribution in [2.24, 2.45) is 0 Å². The zero-order valence-corrected chi connectivity index (χ0v) is 10.9. The molecular weight excluding hydrogens is 272 g/mol. The third kappa shape index (κ3) is 3.31. The summed E-state index contributed by atoms with van der Waals surface area (Å²) in [6.07, 6.45) is 1.73. The van der Waals surface area contributed by atoms with Gasteiger partial charge in [0.2, 0.25) is 5.13 Å². The number of nitrogens with one attached hydrogen (secondary N) is 1. The van der Waals surface area contributed by atoms with Crippen LogP contribution in [0.3, 0.4) is 0 Å². The molecule has 100 valence electrons. The Labute approximate surface area is 112 Å². The molecule has 0 aliphatic rings. The molecule has 4 nitrogen and oxygen atoms in total. The quantitative estimate of drug-likeness (QED) is 0.938. The van der Waals surface area contributed by atoms with E-state index in [0.29, 0.717) is 5.13 Å². The van der Waals surface area contributed by atoms with Gasteiger partial charge in [-0.3, -0.25) is 10.1 Å². The van der Waals surface area contributed by atoms with Crippen LogP contribution in [-0.4, -0.2) is 16.1 Å². The highest BCUT2D eigenvalue weighted by Crippen LogP contribution is 2.18. The molecule has 1 aromatic heterocycles.